The molecule has 0 saturated heterocycles. The topological polar surface area (TPSA) is 103 Å². The molecule has 100 valence electrons. The Labute approximate surface area is 106 Å². The fourth-order valence-corrected chi connectivity index (χ4v) is 1.72. The fraction of sp³-hybridized carbons (Fsp3) is 0.417. The van der Waals surface area contributed by atoms with Gasteiger partial charge in [0.1, 0.15) is 11.6 Å². The number of nitrogens with zero attached hydrogens (tertiary/aromatic N) is 1. The van der Waals surface area contributed by atoms with Crippen molar-refractivity contribution < 1.29 is 14.9 Å². The smallest absolute Gasteiger partial charge is 0.124 e. The molecule has 0 aliphatic carbocycles. The number of aliphatic hydroxyl groups excluding tert-OH is 2. The van der Waals surface area contributed by atoms with Crippen LogP contribution in [0.1, 0.15) is 5.56 Å². The Hall–Kier alpha value is -1.79. The molecule has 0 radical (unpaired) electrons. The second-order valence-electron chi connectivity index (χ2n) is 3.73. The van der Waals surface area contributed by atoms with E-state index in [1.54, 1.807) is 30.2 Å². The molecular formula is C12H19N3O3. The zero-order valence-electron chi connectivity index (χ0n) is 10.4. The van der Waals surface area contributed by atoms with Crippen LogP contribution in [0.3, 0.4) is 0 Å². The van der Waals surface area contributed by atoms with E-state index in [0.717, 1.165) is 0 Å². The predicted octanol–water partition coefficient (Wildman–Crippen LogP) is -0.230. The first-order valence-corrected chi connectivity index (χ1v) is 5.63. The van der Waals surface area contributed by atoms with E-state index in [1.807, 2.05) is 0 Å². The first-order valence-electron chi connectivity index (χ1n) is 5.63. The van der Waals surface area contributed by atoms with Gasteiger partial charge >= 0.3 is 0 Å². The third kappa shape index (κ3) is 3.35. The SMILES string of the molecule is COc1ccc(C(=N)N)c(N(CCO)CCO)c1. The molecule has 0 amide bonds. The second kappa shape index (κ2) is 6.83. The highest BCUT2D eigenvalue weighted by molar-refractivity contribution is 6.00. The number of nitrogen functional groups attached to an aromatic ring is 1. The molecule has 1 aromatic carbocycles. The largest absolute Gasteiger partial charge is 0.497 e. The lowest BCUT2D eigenvalue weighted by Crippen LogP contribution is -2.31. The maximum atomic E-state index is 9.04. The Balaban J connectivity index is 3.18. The van der Waals surface area contributed by atoms with Crippen molar-refractivity contribution in [2.45, 2.75) is 0 Å². The van der Waals surface area contributed by atoms with Crippen LogP contribution in [0.15, 0.2) is 18.2 Å². The molecule has 0 spiro atoms. The molecule has 6 nitrogen and oxygen atoms in total. The monoisotopic (exact) mass is 253 g/mol. The second-order valence-corrected chi connectivity index (χ2v) is 3.73. The van der Waals surface area contributed by atoms with Crippen molar-refractivity contribution in [3.05, 3.63) is 23.8 Å². The zero-order chi connectivity index (χ0) is 13.5. The van der Waals surface area contributed by atoms with Gasteiger partial charge in [-0.15, -0.1) is 0 Å². The normalized spacial score (nSPS) is 10.2. The summed E-state index contributed by atoms with van der Waals surface area (Å²) in [5.41, 5.74) is 6.75. The summed E-state index contributed by atoms with van der Waals surface area (Å²) in [6, 6.07) is 5.15. The Morgan fingerprint density at radius 3 is 2.39 bits per heavy atom. The number of hydrogen-bond acceptors (Lipinski definition) is 5. The van der Waals surface area contributed by atoms with Gasteiger partial charge in [-0.3, -0.25) is 5.41 Å². The van der Waals surface area contributed by atoms with Crippen molar-refractivity contribution in [3.8, 4) is 5.75 Å². The highest BCUT2D eigenvalue weighted by atomic mass is 16.5. The molecule has 5 N–H and O–H groups in total. The van der Waals surface area contributed by atoms with E-state index in [9.17, 15) is 0 Å². The molecule has 0 aromatic heterocycles. The molecule has 18 heavy (non-hydrogen) atoms. The van der Waals surface area contributed by atoms with Crippen molar-refractivity contribution in [1.82, 2.24) is 0 Å². The highest BCUT2D eigenvalue weighted by Crippen LogP contribution is 2.25. The van der Waals surface area contributed by atoms with E-state index >= 15 is 0 Å². The van der Waals surface area contributed by atoms with Gasteiger partial charge in [-0.25, -0.2) is 0 Å². The van der Waals surface area contributed by atoms with Crippen molar-refractivity contribution >= 4 is 11.5 Å². The van der Waals surface area contributed by atoms with Crippen molar-refractivity contribution in [1.29, 1.82) is 5.41 Å². The van der Waals surface area contributed by atoms with Gasteiger partial charge in [-0.1, -0.05) is 0 Å². The number of hydrogen-bond donors (Lipinski definition) is 4. The molecule has 6 heteroatoms. The number of aliphatic hydroxyl groups is 2. The number of anilines is 1. The van der Waals surface area contributed by atoms with Gasteiger partial charge in [-0.2, -0.15) is 0 Å². The number of ether oxygens (including phenoxy) is 1. The summed E-state index contributed by atoms with van der Waals surface area (Å²) < 4.78 is 5.13. The quantitative estimate of drug-likeness (QED) is 0.397. The maximum absolute atomic E-state index is 9.04. The number of amidine groups is 1. The first kappa shape index (κ1) is 14.3. The molecule has 0 saturated carbocycles. The molecule has 1 aromatic rings. The van der Waals surface area contributed by atoms with Crippen molar-refractivity contribution in [3.63, 3.8) is 0 Å². The minimum Gasteiger partial charge on any atom is -0.497 e. The van der Waals surface area contributed by atoms with E-state index in [2.05, 4.69) is 0 Å². The molecule has 0 fully saturated rings. The van der Waals surface area contributed by atoms with Gasteiger partial charge < -0.3 is 25.6 Å². The summed E-state index contributed by atoms with van der Waals surface area (Å²) in [5.74, 6) is 0.574. The minimum absolute atomic E-state index is 0.0471. The Morgan fingerprint density at radius 1 is 1.33 bits per heavy atom. The van der Waals surface area contributed by atoms with Crippen LogP contribution in [-0.4, -0.2) is 49.5 Å². The van der Waals surface area contributed by atoms with Gasteiger partial charge in [-0.05, 0) is 12.1 Å². The van der Waals surface area contributed by atoms with E-state index in [0.29, 0.717) is 30.1 Å². The lowest BCUT2D eigenvalue weighted by Gasteiger charge is -2.25. The van der Waals surface area contributed by atoms with Crippen LogP contribution in [0.4, 0.5) is 5.69 Å². The van der Waals surface area contributed by atoms with Gasteiger partial charge in [0.05, 0.1) is 26.0 Å². The average Bonchev–Trinajstić information content (AvgIpc) is 2.37. The van der Waals surface area contributed by atoms with E-state index < -0.39 is 0 Å². The van der Waals surface area contributed by atoms with Crippen molar-refractivity contribution in [2.75, 3.05) is 38.3 Å². The molecule has 0 aliphatic rings. The molecule has 0 atom stereocenters. The summed E-state index contributed by atoms with van der Waals surface area (Å²) in [6.45, 7) is 0.616. The summed E-state index contributed by atoms with van der Waals surface area (Å²) in [7, 11) is 1.55. The van der Waals surface area contributed by atoms with Gasteiger partial charge in [0, 0.05) is 24.7 Å². The molecule has 0 unspecified atom stereocenters. The average molecular weight is 253 g/mol. The molecule has 1 rings (SSSR count). The van der Waals surface area contributed by atoms with E-state index in [-0.39, 0.29) is 19.0 Å². The first-order chi connectivity index (χ1) is 8.63. The number of rotatable bonds is 7. The predicted molar refractivity (Wildman–Crippen MR) is 70.4 cm³/mol. The van der Waals surface area contributed by atoms with Crippen LogP contribution in [-0.2, 0) is 0 Å². The van der Waals surface area contributed by atoms with Crippen molar-refractivity contribution in [2.24, 2.45) is 5.73 Å². The zero-order valence-corrected chi connectivity index (χ0v) is 10.4. The van der Waals surface area contributed by atoms with Gasteiger partial charge in [0.25, 0.3) is 0 Å². The van der Waals surface area contributed by atoms with Gasteiger partial charge in [0.15, 0.2) is 0 Å². The maximum Gasteiger partial charge on any atom is 0.124 e. The third-order valence-electron chi connectivity index (χ3n) is 2.58. The summed E-state index contributed by atoms with van der Waals surface area (Å²) in [4.78, 5) is 1.76. The standard InChI is InChI=1S/C12H19N3O3/c1-18-9-2-3-10(12(13)14)11(8-9)15(4-6-16)5-7-17/h2-3,8,16-17H,4-7H2,1H3,(H3,13,14). The number of nitrogens with one attached hydrogen (secondary N) is 1. The lowest BCUT2D eigenvalue weighted by atomic mass is 10.1. The Morgan fingerprint density at radius 2 is 1.94 bits per heavy atom. The van der Waals surface area contributed by atoms with Crippen LogP contribution in [0, 0.1) is 5.41 Å². The Kier molecular flexibility index (Phi) is 5.41. The highest BCUT2D eigenvalue weighted by Gasteiger charge is 2.13. The summed E-state index contributed by atoms with van der Waals surface area (Å²) in [5, 5.41) is 25.6. The van der Waals surface area contributed by atoms with Gasteiger partial charge in [0.2, 0.25) is 0 Å². The lowest BCUT2D eigenvalue weighted by molar-refractivity contribution is 0.281. The van der Waals surface area contributed by atoms with E-state index in [4.69, 9.17) is 26.1 Å². The molecule has 0 bridgehead atoms. The number of benzene rings is 1. The van der Waals surface area contributed by atoms with Crippen LogP contribution in [0.25, 0.3) is 0 Å². The third-order valence-corrected chi connectivity index (χ3v) is 2.58. The number of methoxy groups -OCH3 is 1. The van der Waals surface area contributed by atoms with Crippen LogP contribution in [0.5, 0.6) is 5.75 Å². The molecule has 0 aliphatic heterocycles. The Bertz CT molecular complexity index is 404. The molecular weight excluding hydrogens is 234 g/mol. The summed E-state index contributed by atoms with van der Waals surface area (Å²) in [6.07, 6.45) is 0. The van der Waals surface area contributed by atoms with Crippen LogP contribution >= 0.6 is 0 Å². The van der Waals surface area contributed by atoms with Crippen LogP contribution in [0.2, 0.25) is 0 Å². The molecule has 0 heterocycles. The van der Waals surface area contributed by atoms with Crippen LogP contribution < -0.4 is 15.4 Å². The minimum atomic E-state index is -0.0615. The summed E-state index contributed by atoms with van der Waals surface area (Å²) >= 11 is 0. The fourth-order valence-electron chi connectivity index (χ4n) is 1.72. The van der Waals surface area contributed by atoms with E-state index in [1.165, 1.54) is 0 Å². The number of nitrogens with two attached hydrogens (primary N) is 1.